The first kappa shape index (κ1) is 14.8. The molecule has 0 amide bonds. The first-order chi connectivity index (χ1) is 10.8. The number of fused-ring (bicyclic) bond motifs is 1. The van der Waals surface area contributed by atoms with Gasteiger partial charge in [0.05, 0.1) is 17.4 Å². The van der Waals surface area contributed by atoms with Gasteiger partial charge in [-0.05, 0) is 36.6 Å². The highest BCUT2D eigenvalue weighted by atomic mass is 15.0. The molecule has 3 heteroatoms. The van der Waals surface area contributed by atoms with Gasteiger partial charge in [0.15, 0.2) is 0 Å². The lowest BCUT2D eigenvalue weighted by Crippen LogP contribution is -2.22. The Morgan fingerprint density at radius 1 is 1.05 bits per heavy atom. The zero-order chi connectivity index (χ0) is 15.2. The van der Waals surface area contributed by atoms with E-state index < -0.39 is 0 Å². The SMILES string of the molecule is CC(CNCCCn1cnc2ccccc21)c1ccccc1. The zero-order valence-corrected chi connectivity index (χ0v) is 13.1. The van der Waals surface area contributed by atoms with Crippen LogP contribution in [0.15, 0.2) is 60.9 Å². The molecular weight excluding hydrogens is 270 g/mol. The van der Waals surface area contributed by atoms with Crippen LogP contribution in [-0.4, -0.2) is 22.6 Å². The highest BCUT2D eigenvalue weighted by Crippen LogP contribution is 2.13. The summed E-state index contributed by atoms with van der Waals surface area (Å²) in [5.41, 5.74) is 3.70. The maximum absolute atomic E-state index is 4.43. The summed E-state index contributed by atoms with van der Waals surface area (Å²) in [4.78, 5) is 4.43. The van der Waals surface area contributed by atoms with Crippen molar-refractivity contribution in [2.75, 3.05) is 13.1 Å². The molecule has 114 valence electrons. The minimum absolute atomic E-state index is 0.551. The summed E-state index contributed by atoms with van der Waals surface area (Å²) in [6, 6.07) is 19.0. The van der Waals surface area contributed by atoms with E-state index in [0.29, 0.717) is 5.92 Å². The molecular formula is C19H23N3. The number of nitrogens with zero attached hydrogens (tertiary/aromatic N) is 2. The number of rotatable bonds is 7. The molecule has 0 radical (unpaired) electrons. The van der Waals surface area contributed by atoms with E-state index in [-0.39, 0.29) is 0 Å². The van der Waals surface area contributed by atoms with Crippen molar-refractivity contribution in [1.29, 1.82) is 0 Å². The van der Waals surface area contributed by atoms with Gasteiger partial charge in [0.2, 0.25) is 0 Å². The van der Waals surface area contributed by atoms with E-state index in [1.165, 1.54) is 11.1 Å². The first-order valence-corrected chi connectivity index (χ1v) is 8.00. The van der Waals surface area contributed by atoms with Crippen molar-refractivity contribution >= 4 is 11.0 Å². The lowest BCUT2D eigenvalue weighted by molar-refractivity contribution is 0.561. The summed E-state index contributed by atoms with van der Waals surface area (Å²) >= 11 is 0. The zero-order valence-electron chi connectivity index (χ0n) is 13.1. The van der Waals surface area contributed by atoms with Gasteiger partial charge in [-0.2, -0.15) is 0 Å². The van der Waals surface area contributed by atoms with Crippen molar-refractivity contribution in [3.05, 3.63) is 66.5 Å². The lowest BCUT2D eigenvalue weighted by Gasteiger charge is -2.13. The van der Waals surface area contributed by atoms with E-state index in [1.807, 2.05) is 12.4 Å². The van der Waals surface area contributed by atoms with Crippen molar-refractivity contribution in [3.8, 4) is 0 Å². The van der Waals surface area contributed by atoms with E-state index in [1.54, 1.807) is 0 Å². The van der Waals surface area contributed by atoms with Crippen LogP contribution >= 0.6 is 0 Å². The van der Waals surface area contributed by atoms with E-state index in [9.17, 15) is 0 Å². The predicted molar refractivity (Wildman–Crippen MR) is 92.1 cm³/mol. The summed E-state index contributed by atoms with van der Waals surface area (Å²) in [5.74, 6) is 0.551. The number of nitrogens with one attached hydrogen (secondary N) is 1. The van der Waals surface area contributed by atoms with Crippen LogP contribution in [0, 0.1) is 0 Å². The van der Waals surface area contributed by atoms with Gasteiger partial charge in [-0.15, -0.1) is 0 Å². The van der Waals surface area contributed by atoms with E-state index >= 15 is 0 Å². The molecule has 1 aromatic heterocycles. The van der Waals surface area contributed by atoms with Crippen molar-refractivity contribution in [3.63, 3.8) is 0 Å². The number of aromatic nitrogens is 2. The standard InChI is InChI=1S/C19H23N3/c1-16(17-8-3-2-4-9-17)14-20-12-7-13-22-15-21-18-10-5-6-11-19(18)22/h2-6,8-11,15-16,20H,7,12-14H2,1H3. The molecule has 22 heavy (non-hydrogen) atoms. The Bertz CT molecular complexity index is 703. The third kappa shape index (κ3) is 3.55. The maximum atomic E-state index is 4.43. The van der Waals surface area contributed by atoms with Gasteiger partial charge in [0.25, 0.3) is 0 Å². The van der Waals surface area contributed by atoms with Gasteiger partial charge in [-0.25, -0.2) is 4.98 Å². The summed E-state index contributed by atoms with van der Waals surface area (Å²) < 4.78 is 2.23. The van der Waals surface area contributed by atoms with Crippen molar-refractivity contribution in [2.24, 2.45) is 0 Å². The van der Waals surface area contributed by atoms with Gasteiger partial charge in [-0.1, -0.05) is 49.4 Å². The number of aryl methyl sites for hydroxylation is 1. The molecule has 1 unspecified atom stereocenters. The van der Waals surface area contributed by atoms with Crippen molar-refractivity contribution < 1.29 is 0 Å². The summed E-state index contributed by atoms with van der Waals surface area (Å²) in [7, 11) is 0. The Morgan fingerprint density at radius 2 is 1.82 bits per heavy atom. The normalized spacial score (nSPS) is 12.6. The number of benzene rings is 2. The first-order valence-electron chi connectivity index (χ1n) is 8.00. The lowest BCUT2D eigenvalue weighted by atomic mass is 10.0. The predicted octanol–water partition coefficient (Wildman–Crippen LogP) is 3.82. The van der Waals surface area contributed by atoms with E-state index in [2.05, 4.69) is 70.3 Å². The third-order valence-electron chi connectivity index (χ3n) is 4.10. The van der Waals surface area contributed by atoms with Crippen LogP contribution in [0.4, 0.5) is 0 Å². The average Bonchev–Trinajstić information content (AvgIpc) is 2.98. The summed E-state index contributed by atoms with van der Waals surface area (Å²) in [6.07, 6.45) is 3.05. The molecule has 0 fully saturated rings. The molecule has 0 saturated heterocycles. The molecule has 3 rings (SSSR count). The fourth-order valence-electron chi connectivity index (χ4n) is 2.78. The third-order valence-corrected chi connectivity index (χ3v) is 4.10. The Labute approximate surface area is 132 Å². The molecule has 3 nitrogen and oxygen atoms in total. The van der Waals surface area contributed by atoms with Crippen LogP contribution in [0.3, 0.4) is 0 Å². The van der Waals surface area contributed by atoms with Crippen LogP contribution in [-0.2, 0) is 6.54 Å². The maximum Gasteiger partial charge on any atom is 0.0958 e. The van der Waals surface area contributed by atoms with Gasteiger partial charge in [0, 0.05) is 13.1 Å². The van der Waals surface area contributed by atoms with Crippen LogP contribution in [0.25, 0.3) is 11.0 Å². The largest absolute Gasteiger partial charge is 0.331 e. The number of hydrogen-bond donors (Lipinski definition) is 1. The van der Waals surface area contributed by atoms with Crippen LogP contribution < -0.4 is 5.32 Å². The Balaban J connectivity index is 1.42. The van der Waals surface area contributed by atoms with Gasteiger partial charge in [-0.3, -0.25) is 0 Å². The van der Waals surface area contributed by atoms with Crippen LogP contribution in [0.1, 0.15) is 24.8 Å². The Hall–Kier alpha value is -2.13. The molecule has 0 spiro atoms. The smallest absolute Gasteiger partial charge is 0.0958 e. The molecule has 1 N–H and O–H groups in total. The minimum Gasteiger partial charge on any atom is -0.331 e. The fourth-order valence-corrected chi connectivity index (χ4v) is 2.78. The van der Waals surface area contributed by atoms with Gasteiger partial charge >= 0.3 is 0 Å². The molecule has 0 aliphatic rings. The highest BCUT2D eigenvalue weighted by molar-refractivity contribution is 5.74. The molecule has 1 heterocycles. The number of para-hydroxylation sites is 2. The quantitative estimate of drug-likeness (QED) is 0.671. The van der Waals surface area contributed by atoms with Crippen LogP contribution in [0.5, 0.6) is 0 Å². The van der Waals surface area contributed by atoms with Crippen LogP contribution in [0.2, 0.25) is 0 Å². The second-order valence-corrected chi connectivity index (χ2v) is 5.80. The Morgan fingerprint density at radius 3 is 2.68 bits per heavy atom. The second-order valence-electron chi connectivity index (χ2n) is 5.80. The fraction of sp³-hybridized carbons (Fsp3) is 0.316. The number of hydrogen-bond acceptors (Lipinski definition) is 2. The minimum atomic E-state index is 0.551. The molecule has 0 aliphatic heterocycles. The monoisotopic (exact) mass is 293 g/mol. The number of imidazole rings is 1. The molecule has 3 aromatic rings. The topological polar surface area (TPSA) is 29.9 Å². The molecule has 0 aliphatic carbocycles. The van der Waals surface area contributed by atoms with Crippen molar-refractivity contribution in [1.82, 2.24) is 14.9 Å². The van der Waals surface area contributed by atoms with Crippen molar-refractivity contribution in [2.45, 2.75) is 25.8 Å². The van der Waals surface area contributed by atoms with Gasteiger partial charge in [0.1, 0.15) is 0 Å². The molecule has 0 saturated carbocycles. The average molecular weight is 293 g/mol. The Kier molecular flexibility index (Phi) is 4.86. The molecule has 0 bridgehead atoms. The van der Waals surface area contributed by atoms with E-state index in [0.717, 1.165) is 31.6 Å². The summed E-state index contributed by atoms with van der Waals surface area (Å²) in [6.45, 7) is 5.33. The van der Waals surface area contributed by atoms with E-state index in [4.69, 9.17) is 0 Å². The second kappa shape index (κ2) is 7.23. The molecule has 2 aromatic carbocycles. The highest BCUT2D eigenvalue weighted by Gasteiger charge is 2.04. The molecule has 1 atom stereocenters. The summed E-state index contributed by atoms with van der Waals surface area (Å²) in [5, 5.41) is 3.56. The van der Waals surface area contributed by atoms with Gasteiger partial charge < -0.3 is 9.88 Å².